The molecule has 0 bridgehead atoms. The molecule has 0 atom stereocenters. The quantitative estimate of drug-likeness (QED) is 0.106. The van der Waals surface area contributed by atoms with Crippen LogP contribution in [0.2, 0.25) is 0 Å². The van der Waals surface area contributed by atoms with Crippen molar-refractivity contribution in [2.45, 2.75) is 85.7 Å². The largest absolute Gasteiger partial charge is 0.462 e. The number of hydrogen-bond acceptors (Lipinski definition) is 2. The third-order valence-electron chi connectivity index (χ3n) is 4.88. The van der Waals surface area contributed by atoms with E-state index in [4.69, 9.17) is 0 Å². The second-order valence-electron chi connectivity index (χ2n) is 8.36. The Morgan fingerprint density at radius 3 is 1.17 bits per heavy atom. The van der Waals surface area contributed by atoms with Gasteiger partial charge in [-0.1, -0.05) is 6.58 Å². The molecule has 0 radical (unpaired) electrons. The zero-order valence-corrected chi connectivity index (χ0v) is 19.3. The number of ether oxygens (including phenoxy) is 1. The Morgan fingerprint density at radius 2 is 0.854 bits per heavy atom. The standard InChI is InChI=1S/C18H13F21O2/c1-7(2)8(40)41-4-3-10(21,22)13(27,28)16(33,34)14(29,30)11(23,24)5-9(19,20)6-12(25,26)15(31,32)17(35,36)18(37,38)39/h1,3-6H2,2H3. The third kappa shape index (κ3) is 6.87. The van der Waals surface area contributed by atoms with E-state index in [1.807, 2.05) is 0 Å². The molecule has 0 saturated heterocycles. The van der Waals surface area contributed by atoms with Crippen LogP contribution in [0.1, 0.15) is 26.2 Å². The van der Waals surface area contributed by atoms with Gasteiger partial charge in [-0.2, -0.15) is 83.4 Å². The smallest absolute Gasteiger partial charge is 0.460 e. The molecule has 0 aliphatic carbocycles. The van der Waals surface area contributed by atoms with Gasteiger partial charge in [0.2, 0.25) is 0 Å². The second-order valence-corrected chi connectivity index (χ2v) is 8.36. The summed E-state index contributed by atoms with van der Waals surface area (Å²) in [5.74, 6) is -69.6. The summed E-state index contributed by atoms with van der Waals surface area (Å²) in [6.07, 6.45) is -19.7. The Morgan fingerprint density at radius 1 is 0.537 bits per heavy atom. The number of alkyl halides is 21. The van der Waals surface area contributed by atoms with Gasteiger partial charge in [0, 0.05) is 5.57 Å². The fourth-order valence-corrected chi connectivity index (χ4v) is 2.55. The first-order valence-corrected chi connectivity index (χ1v) is 9.79. The van der Waals surface area contributed by atoms with E-state index in [-0.39, 0.29) is 0 Å². The first-order valence-electron chi connectivity index (χ1n) is 9.79. The summed E-state index contributed by atoms with van der Waals surface area (Å²) < 4.78 is 283. The minimum Gasteiger partial charge on any atom is -0.462 e. The first-order chi connectivity index (χ1) is 17.5. The lowest BCUT2D eigenvalue weighted by Crippen LogP contribution is -2.68. The summed E-state index contributed by atoms with van der Waals surface area (Å²) in [5.41, 5.74) is -0.608. The number of halogens is 21. The molecule has 0 fully saturated rings. The van der Waals surface area contributed by atoms with Gasteiger partial charge in [-0.15, -0.1) is 0 Å². The maximum atomic E-state index is 13.8. The van der Waals surface area contributed by atoms with E-state index in [9.17, 15) is 97.0 Å². The average molecular weight is 660 g/mol. The van der Waals surface area contributed by atoms with Gasteiger partial charge >= 0.3 is 59.5 Å². The minimum atomic E-state index is -8.11. The fourth-order valence-electron chi connectivity index (χ4n) is 2.55. The Balaban J connectivity index is 6.26. The van der Waals surface area contributed by atoms with Crippen molar-refractivity contribution in [1.29, 1.82) is 0 Å². The minimum absolute atomic E-state index is 0.608. The van der Waals surface area contributed by atoms with Gasteiger partial charge in [0.05, 0.1) is 25.9 Å². The topological polar surface area (TPSA) is 26.3 Å². The molecular formula is C18H13F21O2. The lowest BCUT2D eigenvalue weighted by atomic mass is 9.88. The molecular weight excluding hydrogens is 647 g/mol. The summed E-state index contributed by atoms with van der Waals surface area (Å²) in [6.45, 7) is 1.70. The van der Waals surface area contributed by atoms with Gasteiger partial charge in [0.25, 0.3) is 5.92 Å². The molecule has 0 N–H and O–H groups in total. The SMILES string of the molecule is C=C(C)C(=O)OCCC(F)(F)C(F)(F)C(F)(F)C(F)(F)C(F)(F)CC(F)(F)CC(F)(F)C(F)(F)C(F)(F)C(F)(F)F. The molecule has 0 saturated carbocycles. The van der Waals surface area contributed by atoms with Crippen LogP contribution in [0.15, 0.2) is 12.2 Å². The predicted molar refractivity (Wildman–Crippen MR) is 90.2 cm³/mol. The van der Waals surface area contributed by atoms with Crippen LogP contribution >= 0.6 is 0 Å². The van der Waals surface area contributed by atoms with Gasteiger partial charge in [0.1, 0.15) is 0 Å². The lowest BCUT2D eigenvalue weighted by molar-refractivity contribution is -0.411. The number of esters is 1. The van der Waals surface area contributed by atoms with E-state index < -0.39 is 96.9 Å². The van der Waals surface area contributed by atoms with Crippen LogP contribution in [0.3, 0.4) is 0 Å². The summed E-state index contributed by atoms with van der Waals surface area (Å²) in [7, 11) is 0. The van der Waals surface area contributed by atoms with E-state index in [0.29, 0.717) is 0 Å². The van der Waals surface area contributed by atoms with Crippen LogP contribution in [-0.2, 0) is 9.53 Å². The Bertz CT molecular complexity index is 962. The van der Waals surface area contributed by atoms with Gasteiger partial charge in [-0.3, -0.25) is 0 Å². The predicted octanol–water partition coefficient (Wildman–Crippen LogP) is 8.56. The molecule has 0 aliphatic rings. The summed E-state index contributed by atoms with van der Waals surface area (Å²) >= 11 is 0. The third-order valence-corrected chi connectivity index (χ3v) is 4.88. The highest BCUT2D eigenvalue weighted by Crippen LogP contribution is 2.61. The summed E-state index contributed by atoms with van der Waals surface area (Å²) in [5, 5.41) is 0. The zero-order valence-electron chi connectivity index (χ0n) is 19.3. The molecule has 0 rings (SSSR count). The fraction of sp³-hybridized carbons (Fsp3) is 0.833. The molecule has 0 aromatic heterocycles. The van der Waals surface area contributed by atoms with Crippen molar-refractivity contribution in [2.75, 3.05) is 6.61 Å². The van der Waals surface area contributed by atoms with Gasteiger partial charge < -0.3 is 4.74 Å². The zero-order chi connectivity index (χ0) is 33.7. The van der Waals surface area contributed by atoms with Crippen molar-refractivity contribution in [3.8, 4) is 0 Å². The molecule has 2 nitrogen and oxygen atoms in total. The number of carbonyl (C=O) groups excluding carboxylic acids is 1. The molecule has 23 heteroatoms. The molecule has 0 aromatic carbocycles. The van der Waals surface area contributed by atoms with Crippen LogP contribution < -0.4 is 0 Å². The van der Waals surface area contributed by atoms with E-state index in [1.54, 1.807) is 0 Å². The van der Waals surface area contributed by atoms with E-state index in [0.717, 1.165) is 6.92 Å². The normalized spacial score (nSPS) is 15.7. The molecule has 0 unspecified atom stereocenters. The first kappa shape index (κ1) is 38.7. The highest BCUT2D eigenvalue weighted by Gasteiger charge is 2.87. The lowest BCUT2D eigenvalue weighted by Gasteiger charge is -2.40. The summed E-state index contributed by atoms with van der Waals surface area (Å²) in [6, 6.07) is 0. The van der Waals surface area contributed by atoms with Crippen molar-refractivity contribution in [1.82, 2.24) is 0 Å². The second kappa shape index (κ2) is 10.8. The van der Waals surface area contributed by atoms with E-state index in [2.05, 4.69) is 11.3 Å². The van der Waals surface area contributed by atoms with Crippen LogP contribution in [0.5, 0.6) is 0 Å². The van der Waals surface area contributed by atoms with Crippen molar-refractivity contribution in [3.63, 3.8) is 0 Å². The molecule has 0 spiro atoms. The molecule has 0 amide bonds. The van der Waals surface area contributed by atoms with Crippen molar-refractivity contribution in [2.24, 2.45) is 0 Å². The highest BCUT2D eigenvalue weighted by molar-refractivity contribution is 5.86. The van der Waals surface area contributed by atoms with Crippen LogP contribution in [0.25, 0.3) is 0 Å². The van der Waals surface area contributed by atoms with E-state index >= 15 is 0 Å². The maximum Gasteiger partial charge on any atom is 0.460 e. The monoisotopic (exact) mass is 660 g/mol. The molecule has 41 heavy (non-hydrogen) atoms. The highest BCUT2D eigenvalue weighted by atomic mass is 19.4. The van der Waals surface area contributed by atoms with Crippen molar-refractivity contribution in [3.05, 3.63) is 12.2 Å². The van der Waals surface area contributed by atoms with Crippen molar-refractivity contribution >= 4 is 5.97 Å². The molecule has 244 valence electrons. The average Bonchev–Trinajstić information content (AvgIpc) is 2.69. The number of rotatable bonds is 14. The number of carbonyl (C=O) groups is 1. The molecule has 0 aliphatic heterocycles. The molecule has 0 aromatic rings. The van der Waals surface area contributed by atoms with E-state index in [1.165, 1.54) is 0 Å². The van der Waals surface area contributed by atoms with Gasteiger partial charge in [-0.25, -0.2) is 13.6 Å². The Kier molecular flexibility index (Phi) is 10.2. The molecule has 0 heterocycles. The Hall–Kier alpha value is -2.26. The van der Waals surface area contributed by atoms with Crippen molar-refractivity contribution < 1.29 is 102 Å². The Labute approximate surface area is 213 Å². The van der Waals surface area contributed by atoms with Gasteiger partial charge in [0.15, 0.2) is 0 Å². The van der Waals surface area contributed by atoms with Gasteiger partial charge in [-0.05, 0) is 6.92 Å². The number of hydrogen-bond donors (Lipinski definition) is 0. The van der Waals surface area contributed by atoms with Crippen LogP contribution in [-0.4, -0.2) is 72.1 Å². The van der Waals surface area contributed by atoms with Crippen LogP contribution in [0, 0.1) is 0 Å². The summed E-state index contributed by atoms with van der Waals surface area (Å²) in [4.78, 5) is 11.0. The maximum absolute atomic E-state index is 13.8. The van der Waals surface area contributed by atoms with Crippen LogP contribution in [0.4, 0.5) is 92.2 Å².